The zero-order valence-electron chi connectivity index (χ0n) is 16.3. The number of pyridine rings is 1. The highest BCUT2D eigenvalue weighted by molar-refractivity contribution is 6.34. The van der Waals surface area contributed by atoms with Crippen LogP contribution in [-0.4, -0.2) is 33.9 Å². The normalized spacial score (nSPS) is 25.4. The van der Waals surface area contributed by atoms with Crippen molar-refractivity contribution in [1.29, 1.82) is 10.5 Å². The summed E-state index contributed by atoms with van der Waals surface area (Å²) in [6, 6.07) is 10.0. The van der Waals surface area contributed by atoms with E-state index in [1.54, 1.807) is 24.5 Å². The van der Waals surface area contributed by atoms with E-state index >= 15 is 0 Å². The van der Waals surface area contributed by atoms with Crippen LogP contribution < -0.4 is 5.32 Å². The third-order valence-electron chi connectivity index (χ3n) is 6.77. The van der Waals surface area contributed by atoms with Crippen LogP contribution in [0.5, 0.6) is 0 Å². The summed E-state index contributed by atoms with van der Waals surface area (Å²) >= 11 is 6.47. The van der Waals surface area contributed by atoms with Crippen molar-refractivity contribution in [3.63, 3.8) is 0 Å². The van der Waals surface area contributed by atoms with E-state index in [1.807, 2.05) is 17.0 Å². The van der Waals surface area contributed by atoms with Crippen LogP contribution in [0.3, 0.4) is 0 Å². The Balaban J connectivity index is 1.35. The lowest BCUT2D eigenvalue weighted by molar-refractivity contribution is 0.0928. The lowest BCUT2D eigenvalue weighted by Crippen LogP contribution is -2.43. The van der Waals surface area contributed by atoms with Crippen molar-refractivity contribution >= 4 is 17.5 Å². The zero-order valence-corrected chi connectivity index (χ0v) is 17.1. The monoisotopic (exact) mass is 417 g/mol. The van der Waals surface area contributed by atoms with Gasteiger partial charge in [0.25, 0.3) is 5.91 Å². The van der Waals surface area contributed by atoms with Crippen molar-refractivity contribution in [3.05, 3.63) is 52.8 Å². The number of amides is 1. The lowest BCUT2D eigenvalue weighted by atomic mass is 9.95. The van der Waals surface area contributed by atoms with Crippen molar-refractivity contribution in [3.8, 4) is 23.4 Å². The molecule has 3 aliphatic rings. The van der Waals surface area contributed by atoms with Crippen molar-refractivity contribution in [1.82, 2.24) is 15.2 Å². The second-order valence-electron chi connectivity index (χ2n) is 8.47. The molecule has 2 saturated heterocycles. The van der Waals surface area contributed by atoms with Crippen molar-refractivity contribution in [2.45, 2.75) is 55.6 Å². The number of hydrogen-bond donors (Lipinski definition) is 1. The quantitative estimate of drug-likeness (QED) is 0.764. The maximum atomic E-state index is 12.8. The van der Waals surface area contributed by atoms with Gasteiger partial charge in [-0.2, -0.15) is 10.5 Å². The van der Waals surface area contributed by atoms with Gasteiger partial charge in [-0.15, -0.1) is 0 Å². The van der Waals surface area contributed by atoms with Gasteiger partial charge < -0.3 is 10.2 Å². The Kier molecular flexibility index (Phi) is 4.41. The minimum atomic E-state index is -0.398. The molecule has 1 aromatic carbocycles. The first-order valence-electron chi connectivity index (χ1n) is 10.2. The average molecular weight is 418 g/mol. The van der Waals surface area contributed by atoms with E-state index in [0.717, 1.165) is 48.8 Å². The highest BCUT2D eigenvalue weighted by Gasteiger charge is 2.47. The number of hydrogen-bond acceptors (Lipinski definition) is 5. The van der Waals surface area contributed by atoms with Crippen LogP contribution in [-0.2, 0) is 5.41 Å². The largest absolute Gasteiger partial charge is 0.347 e. The number of rotatable bonds is 4. The van der Waals surface area contributed by atoms with Crippen LogP contribution in [0.1, 0.15) is 48.0 Å². The summed E-state index contributed by atoms with van der Waals surface area (Å²) in [6.45, 7) is 0. The van der Waals surface area contributed by atoms with Gasteiger partial charge in [0.05, 0.1) is 34.2 Å². The van der Waals surface area contributed by atoms with Crippen LogP contribution >= 0.6 is 11.6 Å². The molecular formula is C23H20ClN5O. The van der Waals surface area contributed by atoms with E-state index < -0.39 is 5.41 Å². The standard InChI is InChI=1S/C23H20ClN5O/c24-19-8-14(15-7-16(11-27-10-15)23(12-25)5-6-23)1-3-18(19)22(30)28-20-9-17-2-4-21(20)29(17)13-26/h1,3,7-8,10-11,17,20-21H,2,4-6,9H2,(H,28,30)/t17-,20+,21+/m0/s1. The maximum Gasteiger partial charge on any atom is 0.253 e. The fourth-order valence-corrected chi connectivity index (χ4v) is 5.14. The molecule has 30 heavy (non-hydrogen) atoms. The number of benzene rings is 1. The molecule has 3 fully saturated rings. The number of nitriles is 2. The Hall–Kier alpha value is -3.09. The number of aromatic nitrogens is 1. The molecule has 0 spiro atoms. The Morgan fingerprint density at radius 1 is 1.20 bits per heavy atom. The minimum Gasteiger partial charge on any atom is -0.347 e. The van der Waals surface area contributed by atoms with Gasteiger partial charge in [-0.25, -0.2) is 0 Å². The molecule has 0 radical (unpaired) electrons. The predicted molar refractivity (Wildman–Crippen MR) is 111 cm³/mol. The Morgan fingerprint density at radius 3 is 2.70 bits per heavy atom. The van der Waals surface area contributed by atoms with Gasteiger partial charge in [0, 0.05) is 24.0 Å². The van der Waals surface area contributed by atoms with Crippen molar-refractivity contribution in [2.75, 3.05) is 0 Å². The third kappa shape index (κ3) is 3.00. The molecule has 6 nitrogen and oxygen atoms in total. The van der Waals surface area contributed by atoms with Crippen molar-refractivity contribution in [2.24, 2.45) is 0 Å². The fraction of sp³-hybridized carbons (Fsp3) is 0.391. The first kappa shape index (κ1) is 18.9. The Labute approximate surface area is 180 Å². The molecule has 2 bridgehead atoms. The number of halogens is 1. The van der Waals surface area contributed by atoms with Gasteiger partial charge in [-0.3, -0.25) is 9.78 Å². The summed E-state index contributed by atoms with van der Waals surface area (Å²) < 4.78 is 0. The van der Waals surface area contributed by atoms with E-state index in [1.165, 1.54) is 0 Å². The summed E-state index contributed by atoms with van der Waals surface area (Å²) in [5.41, 5.74) is 2.69. The maximum absolute atomic E-state index is 12.8. The SMILES string of the molecule is N#CN1[C@H]2CC[C@@H]1[C@H](NC(=O)c1ccc(-c3cncc(C4(C#N)CC4)c3)cc1Cl)C2. The summed E-state index contributed by atoms with van der Waals surface area (Å²) in [5.74, 6) is -0.213. The number of carbonyl (C=O) groups is 1. The highest BCUT2D eigenvalue weighted by atomic mass is 35.5. The molecule has 3 heterocycles. The molecule has 1 saturated carbocycles. The first-order chi connectivity index (χ1) is 14.5. The first-order valence-corrected chi connectivity index (χ1v) is 10.6. The highest BCUT2D eigenvalue weighted by Crippen LogP contribution is 2.48. The number of carbonyl (C=O) groups excluding carboxylic acids is 1. The number of nitrogens with one attached hydrogen (secondary N) is 1. The molecule has 5 rings (SSSR count). The predicted octanol–water partition coefficient (Wildman–Crippen LogP) is 3.77. The van der Waals surface area contributed by atoms with E-state index in [2.05, 4.69) is 22.6 Å². The second-order valence-corrected chi connectivity index (χ2v) is 8.88. The van der Waals surface area contributed by atoms with Crippen LogP contribution in [0.4, 0.5) is 0 Å². The molecule has 1 aromatic heterocycles. The van der Waals surface area contributed by atoms with Crippen LogP contribution in [0.15, 0.2) is 36.7 Å². The Bertz CT molecular complexity index is 1110. The topological polar surface area (TPSA) is 92.8 Å². The molecule has 3 atom stereocenters. The third-order valence-corrected chi connectivity index (χ3v) is 7.08. The molecule has 150 valence electrons. The molecule has 1 N–H and O–H groups in total. The van der Waals surface area contributed by atoms with Crippen LogP contribution in [0.25, 0.3) is 11.1 Å². The molecule has 0 unspecified atom stereocenters. The second kappa shape index (κ2) is 7.00. The molecule has 2 aromatic rings. The molecule has 1 amide bonds. The summed E-state index contributed by atoms with van der Waals surface area (Å²) in [5, 5.41) is 22.2. The van der Waals surface area contributed by atoms with E-state index in [-0.39, 0.29) is 24.0 Å². The van der Waals surface area contributed by atoms with E-state index in [4.69, 9.17) is 11.6 Å². The number of fused-ring (bicyclic) bond motifs is 2. The van der Waals surface area contributed by atoms with E-state index in [9.17, 15) is 15.3 Å². The minimum absolute atomic E-state index is 0.0202. The Morgan fingerprint density at radius 2 is 2.03 bits per heavy atom. The number of nitrogens with zero attached hydrogens (tertiary/aromatic N) is 4. The van der Waals surface area contributed by atoms with Crippen LogP contribution in [0.2, 0.25) is 5.02 Å². The molecule has 2 aliphatic heterocycles. The van der Waals surface area contributed by atoms with Crippen LogP contribution in [0, 0.1) is 22.8 Å². The van der Waals surface area contributed by atoms with E-state index in [0.29, 0.717) is 10.6 Å². The van der Waals surface area contributed by atoms with Gasteiger partial charge in [-0.1, -0.05) is 17.7 Å². The smallest absolute Gasteiger partial charge is 0.253 e. The van der Waals surface area contributed by atoms with Gasteiger partial charge in [0.2, 0.25) is 0 Å². The van der Waals surface area contributed by atoms with Gasteiger partial charge >= 0.3 is 0 Å². The molecule has 7 heteroatoms. The summed E-state index contributed by atoms with van der Waals surface area (Å²) in [4.78, 5) is 19.0. The van der Waals surface area contributed by atoms with Gasteiger partial charge in [-0.05, 0) is 61.4 Å². The van der Waals surface area contributed by atoms with Gasteiger partial charge in [0.15, 0.2) is 6.19 Å². The molecule has 1 aliphatic carbocycles. The van der Waals surface area contributed by atoms with Crippen molar-refractivity contribution < 1.29 is 4.79 Å². The summed E-state index contributed by atoms with van der Waals surface area (Å²) in [6.07, 6.45) is 10.2. The summed E-state index contributed by atoms with van der Waals surface area (Å²) in [7, 11) is 0. The lowest BCUT2D eigenvalue weighted by Gasteiger charge is -2.22. The average Bonchev–Trinajstić information content (AvgIpc) is 3.38. The van der Waals surface area contributed by atoms with Gasteiger partial charge in [0.1, 0.15) is 0 Å². The molecular weight excluding hydrogens is 398 g/mol. The zero-order chi connectivity index (χ0) is 20.9. The fourth-order valence-electron chi connectivity index (χ4n) is 4.87.